The summed E-state index contributed by atoms with van der Waals surface area (Å²) in [4.78, 5) is 2.95. The first-order valence-electron chi connectivity index (χ1n) is 2.43. The second-order valence-corrected chi connectivity index (χ2v) is 2.02. The van der Waals surface area contributed by atoms with Gasteiger partial charge in [-0.2, -0.15) is 0 Å². The van der Waals surface area contributed by atoms with Crippen LogP contribution in [0.3, 0.4) is 0 Å². The van der Waals surface area contributed by atoms with Crippen molar-refractivity contribution in [3.8, 4) is 0 Å². The van der Waals surface area contributed by atoms with E-state index in [9.17, 15) is 0 Å². The molecule has 0 saturated carbocycles. The van der Waals surface area contributed by atoms with E-state index in [0.29, 0.717) is 10.7 Å². The number of benzene rings is 1. The topological polar surface area (TPSA) is 58.1 Å². The molecule has 10 heavy (non-hydrogen) atoms. The second-order valence-electron chi connectivity index (χ2n) is 1.58. The van der Waals surface area contributed by atoms with Gasteiger partial charge in [0, 0.05) is 11.1 Å². The Kier molecular flexibility index (Phi) is 3.40. The molecule has 3 nitrogen and oxygen atoms in total. The van der Waals surface area contributed by atoms with Crippen LogP contribution in [0, 0.1) is 5.39 Å². The molecule has 0 unspecified atom stereocenters. The molecule has 0 aromatic heterocycles. The molecule has 0 fully saturated rings. The zero-order chi connectivity index (χ0) is 6.69. The summed E-state index contributed by atoms with van der Waals surface area (Å²) >= 11 is 5.55. The average Bonchev–Trinajstić information content (AvgIpc) is 1.88. The predicted octanol–water partition coefficient (Wildman–Crippen LogP) is 2.65. The number of nitrogens with zero attached hydrogens (tertiary/aromatic N) is 2. The van der Waals surface area contributed by atoms with Crippen molar-refractivity contribution in [3.05, 3.63) is 34.3 Å². The van der Waals surface area contributed by atoms with Crippen LogP contribution in [-0.2, 0) is 0 Å². The van der Waals surface area contributed by atoms with Crippen molar-refractivity contribution in [3.63, 3.8) is 0 Å². The van der Waals surface area contributed by atoms with Crippen molar-refractivity contribution in [2.45, 2.75) is 0 Å². The first kappa shape index (κ1) is 8.89. The van der Waals surface area contributed by atoms with E-state index in [0.717, 1.165) is 0 Å². The lowest BCUT2D eigenvalue weighted by Gasteiger charge is -1.78. The third kappa shape index (κ3) is 2.02. The third-order valence-corrected chi connectivity index (χ3v) is 1.16. The highest BCUT2D eigenvalue weighted by Gasteiger charge is 2.01. The molecule has 0 aliphatic rings. The summed E-state index contributed by atoms with van der Waals surface area (Å²) < 4.78 is 0. The first-order chi connectivity index (χ1) is 4.33. The van der Waals surface area contributed by atoms with E-state index >= 15 is 0 Å². The van der Waals surface area contributed by atoms with Crippen molar-refractivity contribution in [1.82, 2.24) is 0 Å². The zero-order valence-electron chi connectivity index (χ0n) is 5.03. The summed E-state index contributed by atoms with van der Waals surface area (Å²) in [6, 6.07) is 6.67. The first-order valence-corrected chi connectivity index (χ1v) is 2.81. The molecule has 1 aromatic carbocycles. The molecule has 0 aliphatic carbocycles. The van der Waals surface area contributed by atoms with E-state index in [2.05, 4.69) is 4.98 Å². The maximum Gasteiger partial charge on any atom is 0.386 e. The highest BCUT2D eigenvalue weighted by atomic mass is 35.5. The lowest BCUT2D eigenvalue weighted by molar-refractivity contribution is 0.824. The molecule has 0 saturated heterocycles. The van der Waals surface area contributed by atoms with Crippen molar-refractivity contribution >= 4 is 17.3 Å². The predicted molar refractivity (Wildman–Crippen MR) is 38.1 cm³/mol. The van der Waals surface area contributed by atoms with Gasteiger partial charge in [0.05, 0.1) is 6.07 Å². The average molecular weight is 157 g/mol. The number of halogens is 1. The molecule has 1 N–H and O–H groups in total. The number of diazo groups is 1. The van der Waals surface area contributed by atoms with Gasteiger partial charge in [-0.05, 0) is 6.07 Å². The van der Waals surface area contributed by atoms with Crippen LogP contribution in [0.4, 0.5) is 5.69 Å². The minimum atomic E-state index is 0. The van der Waals surface area contributed by atoms with Crippen molar-refractivity contribution in [1.29, 1.82) is 5.39 Å². The van der Waals surface area contributed by atoms with Crippen molar-refractivity contribution in [2.75, 3.05) is 0 Å². The van der Waals surface area contributed by atoms with E-state index in [1.54, 1.807) is 24.3 Å². The Morgan fingerprint density at radius 1 is 1.40 bits per heavy atom. The smallest absolute Gasteiger partial charge is 0.386 e. The zero-order valence-corrected chi connectivity index (χ0v) is 5.78. The summed E-state index contributed by atoms with van der Waals surface area (Å²) in [6.07, 6.45) is 0. The minimum absolute atomic E-state index is 0. The third-order valence-electron chi connectivity index (χ3n) is 0.924. The molecule has 0 radical (unpaired) electrons. The normalized spacial score (nSPS) is 7.60. The Balaban J connectivity index is 0.000000810. The number of hydrogen-bond acceptors (Lipinski definition) is 2. The van der Waals surface area contributed by atoms with E-state index in [4.69, 9.17) is 17.0 Å². The quantitative estimate of drug-likeness (QED) is 0.542. The largest absolute Gasteiger partial charge is 0.870 e. The van der Waals surface area contributed by atoms with E-state index in [-0.39, 0.29) is 5.48 Å². The molecule has 1 rings (SSSR count). The van der Waals surface area contributed by atoms with Gasteiger partial charge in [-0.15, -0.1) is 0 Å². The van der Waals surface area contributed by atoms with Gasteiger partial charge in [0.15, 0.2) is 4.98 Å². The van der Waals surface area contributed by atoms with Crippen LogP contribution in [0.1, 0.15) is 0 Å². The molecular weight excluding hydrogens is 152 g/mol. The van der Waals surface area contributed by atoms with E-state index in [1.807, 2.05) is 0 Å². The Morgan fingerprint density at radius 3 is 2.50 bits per heavy atom. The summed E-state index contributed by atoms with van der Waals surface area (Å²) in [7, 11) is 0. The molecule has 0 bridgehead atoms. The van der Waals surface area contributed by atoms with Crippen LogP contribution in [0.5, 0.6) is 0 Å². The highest BCUT2D eigenvalue weighted by molar-refractivity contribution is 6.30. The molecule has 0 atom stereocenters. The molecular formula is C6H5ClN2O. The molecule has 52 valence electrons. The number of rotatable bonds is 0. The maximum absolute atomic E-state index is 8.23. The fraction of sp³-hybridized carbons (Fsp3) is 0. The van der Waals surface area contributed by atoms with E-state index in [1.165, 1.54) is 0 Å². The van der Waals surface area contributed by atoms with Gasteiger partial charge in [-0.3, -0.25) is 0 Å². The van der Waals surface area contributed by atoms with Crippen LogP contribution < -0.4 is 0 Å². The molecule has 0 aliphatic heterocycles. The summed E-state index contributed by atoms with van der Waals surface area (Å²) in [5.74, 6) is 0. The fourth-order valence-electron chi connectivity index (χ4n) is 0.538. The lowest BCUT2D eigenvalue weighted by Crippen LogP contribution is -1.59. The monoisotopic (exact) mass is 156 g/mol. The Morgan fingerprint density at radius 2 is 2.10 bits per heavy atom. The maximum atomic E-state index is 8.23. The molecule has 4 heteroatoms. The summed E-state index contributed by atoms with van der Waals surface area (Å²) in [5, 5.41) is 8.80. The van der Waals surface area contributed by atoms with Crippen LogP contribution >= 0.6 is 11.6 Å². The molecule has 1 aromatic rings. The summed E-state index contributed by atoms with van der Waals surface area (Å²) in [5.41, 5.74) is 0.475. The van der Waals surface area contributed by atoms with Crippen LogP contribution in [0.2, 0.25) is 5.02 Å². The lowest BCUT2D eigenvalue weighted by atomic mass is 10.3. The fourth-order valence-corrected chi connectivity index (χ4v) is 0.723. The Hall–Kier alpha value is -1.11. The highest BCUT2D eigenvalue weighted by Crippen LogP contribution is 2.16. The van der Waals surface area contributed by atoms with Crippen molar-refractivity contribution in [2.24, 2.45) is 0 Å². The molecule has 0 amide bonds. The van der Waals surface area contributed by atoms with Gasteiger partial charge >= 0.3 is 5.69 Å². The number of hydrogen-bond donors (Lipinski definition) is 0. The van der Waals surface area contributed by atoms with Gasteiger partial charge in [0.25, 0.3) is 0 Å². The van der Waals surface area contributed by atoms with Gasteiger partial charge in [0.2, 0.25) is 5.39 Å². The minimum Gasteiger partial charge on any atom is -0.870 e. The van der Waals surface area contributed by atoms with Gasteiger partial charge in [-0.25, -0.2) is 0 Å². The van der Waals surface area contributed by atoms with Crippen LogP contribution in [0.25, 0.3) is 4.98 Å². The van der Waals surface area contributed by atoms with Gasteiger partial charge in [-0.1, -0.05) is 17.7 Å². The second kappa shape index (κ2) is 3.83. The summed E-state index contributed by atoms with van der Waals surface area (Å²) in [6.45, 7) is 0. The van der Waals surface area contributed by atoms with Gasteiger partial charge < -0.3 is 5.48 Å². The van der Waals surface area contributed by atoms with E-state index < -0.39 is 0 Å². The molecule has 0 heterocycles. The SMILES string of the molecule is N#[N+]c1cccc(Cl)c1.[OH-]. The van der Waals surface area contributed by atoms with Crippen molar-refractivity contribution < 1.29 is 5.48 Å². The standard InChI is InChI=1S/C6H4ClN2.H2O/c7-5-2-1-3-6(4-5)9-8;/h1-4H;1H2/q+1;/p-1. The van der Waals surface area contributed by atoms with Gasteiger partial charge in [0.1, 0.15) is 0 Å². The molecule has 0 spiro atoms. The van der Waals surface area contributed by atoms with Crippen LogP contribution in [-0.4, -0.2) is 5.48 Å². The van der Waals surface area contributed by atoms with Crippen LogP contribution in [0.15, 0.2) is 24.3 Å². The Labute approximate surface area is 63.2 Å². The Bertz CT molecular complexity index is 256.